The van der Waals surface area contributed by atoms with Gasteiger partial charge in [0.2, 0.25) is 0 Å². The summed E-state index contributed by atoms with van der Waals surface area (Å²) in [5, 5.41) is 0. The Morgan fingerprint density at radius 1 is 1.21 bits per heavy atom. The van der Waals surface area contributed by atoms with E-state index in [-0.39, 0.29) is 11.2 Å². The van der Waals surface area contributed by atoms with Crippen molar-refractivity contribution in [1.82, 2.24) is 4.90 Å². The van der Waals surface area contributed by atoms with Gasteiger partial charge < -0.3 is 10.6 Å². The molecule has 1 aromatic carbocycles. The molecule has 0 spiro atoms. The van der Waals surface area contributed by atoms with Crippen molar-refractivity contribution in [3.63, 3.8) is 0 Å². The van der Waals surface area contributed by atoms with E-state index in [1.54, 1.807) is 12.1 Å². The molecule has 0 amide bonds. The molecule has 0 unspecified atom stereocenters. The highest BCUT2D eigenvalue weighted by Gasteiger charge is 2.34. The number of nitrogens with zero attached hydrogens (tertiary/aromatic N) is 1. The van der Waals surface area contributed by atoms with Gasteiger partial charge in [0.25, 0.3) is 0 Å². The second kappa shape index (κ2) is 6.49. The maximum atomic E-state index is 13.0. The Morgan fingerprint density at radius 2 is 1.84 bits per heavy atom. The number of unbranched alkanes of at least 4 members (excludes halogenated alkanes) is 1. The lowest BCUT2D eigenvalue weighted by Crippen LogP contribution is -2.46. The number of nitrogens with two attached hydrogens (primary N) is 1. The van der Waals surface area contributed by atoms with Crippen LogP contribution in [0.4, 0.5) is 4.39 Å². The molecule has 1 heterocycles. The van der Waals surface area contributed by atoms with Gasteiger partial charge in [0.1, 0.15) is 5.82 Å². The predicted octanol–water partition coefficient (Wildman–Crippen LogP) is 2.92. The molecule has 0 radical (unpaired) electrons. The fourth-order valence-electron chi connectivity index (χ4n) is 3.00. The molecule has 0 saturated carbocycles. The van der Waals surface area contributed by atoms with Crippen LogP contribution in [0.15, 0.2) is 24.3 Å². The summed E-state index contributed by atoms with van der Waals surface area (Å²) in [6.07, 6.45) is 4.68. The zero-order valence-corrected chi connectivity index (χ0v) is 11.9. The predicted molar refractivity (Wildman–Crippen MR) is 77.7 cm³/mol. The smallest absolute Gasteiger partial charge is 0.123 e. The number of piperidine rings is 1. The SMILES string of the molecule is CCCCN1CCC(CN)(c2ccc(F)cc2)CC1. The van der Waals surface area contributed by atoms with Crippen LogP contribution in [0.3, 0.4) is 0 Å². The van der Waals surface area contributed by atoms with E-state index < -0.39 is 0 Å². The van der Waals surface area contributed by atoms with Crippen LogP contribution in [-0.4, -0.2) is 31.1 Å². The van der Waals surface area contributed by atoms with E-state index >= 15 is 0 Å². The van der Waals surface area contributed by atoms with Gasteiger partial charge in [0.15, 0.2) is 0 Å². The second-order valence-electron chi connectivity index (χ2n) is 5.69. The van der Waals surface area contributed by atoms with Gasteiger partial charge in [0, 0.05) is 12.0 Å². The van der Waals surface area contributed by atoms with Crippen LogP contribution >= 0.6 is 0 Å². The molecule has 0 bridgehead atoms. The summed E-state index contributed by atoms with van der Waals surface area (Å²) in [6.45, 7) is 6.29. The van der Waals surface area contributed by atoms with Crippen LogP contribution in [0, 0.1) is 5.82 Å². The van der Waals surface area contributed by atoms with Crippen LogP contribution in [0.1, 0.15) is 38.2 Å². The third kappa shape index (κ3) is 3.34. The van der Waals surface area contributed by atoms with Crippen molar-refractivity contribution < 1.29 is 4.39 Å². The number of hydrogen-bond donors (Lipinski definition) is 1. The fourth-order valence-corrected chi connectivity index (χ4v) is 3.00. The van der Waals surface area contributed by atoms with Gasteiger partial charge in [-0.1, -0.05) is 25.5 Å². The van der Waals surface area contributed by atoms with Crippen molar-refractivity contribution in [2.24, 2.45) is 5.73 Å². The van der Waals surface area contributed by atoms with E-state index in [2.05, 4.69) is 11.8 Å². The molecule has 1 saturated heterocycles. The van der Waals surface area contributed by atoms with Crippen molar-refractivity contribution in [3.8, 4) is 0 Å². The summed E-state index contributed by atoms with van der Waals surface area (Å²) in [7, 11) is 0. The molecule has 2 N–H and O–H groups in total. The van der Waals surface area contributed by atoms with Gasteiger partial charge in [-0.2, -0.15) is 0 Å². The molecule has 1 aromatic rings. The molecule has 19 heavy (non-hydrogen) atoms. The molecule has 1 fully saturated rings. The van der Waals surface area contributed by atoms with E-state index in [1.165, 1.54) is 24.9 Å². The van der Waals surface area contributed by atoms with E-state index in [9.17, 15) is 4.39 Å². The molecule has 106 valence electrons. The molecular formula is C16H25FN2. The van der Waals surface area contributed by atoms with Gasteiger partial charge in [-0.15, -0.1) is 0 Å². The lowest BCUT2D eigenvalue weighted by atomic mass is 9.73. The molecule has 0 atom stereocenters. The molecule has 0 aromatic heterocycles. The Bertz CT molecular complexity index is 380. The number of halogens is 1. The van der Waals surface area contributed by atoms with Crippen LogP contribution in [0.2, 0.25) is 0 Å². The first-order valence-corrected chi connectivity index (χ1v) is 7.39. The standard InChI is InChI=1S/C16H25FN2/c1-2-3-10-19-11-8-16(13-18,9-12-19)14-4-6-15(17)7-5-14/h4-7H,2-3,8-13,18H2,1H3. The Kier molecular flexibility index (Phi) is 4.94. The van der Waals surface area contributed by atoms with Crippen molar-refractivity contribution in [2.75, 3.05) is 26.2 Å². The molecule has 0 aliphatic carbocycles. The lowest BCUT2D eigenvalue weighted by Gasteiger charge is -2.41. The molecule has 3 heteroatoms. The maximum absolute atomic E-state index is 13.0. The topological polar surface area (TPSA) is 29.3 Å². The van der Waals surface area contributed by atoms with Crippen molar-refractivity contribution in [1.29, 1.82) is 0 Å². The van der Waals surface area contributed by atoms with Crippen LogP contribution in [0.25, 0.3) is 0 Å². The first-order chi connectivity index (χ1) is 9.20. The Morgan fingerprint density at radius 3 is 2.37 bits per heavy atom. The van der Waals surface area contributed by atoms with Crippen molar-refractivity contribution in [2.45, 2.75) is 38.0 Å². The highest BCUT2D eigenvalue weighted by Crippen LogP contribution is 2.34. The summed E-state index contributed by atoms with van der Waals surface area (Å²) in [6, 6.07) is 6.92. The quantitative estimate of drug-likeness (QED) is 0.886. The average molecular weight is 264 g/mol. The highest BCUT2D eigenvalue weighted by atomic mass is 19.1. The Hall–Kier alpha value is -0.930. The monoisotopic (exact) mass is 264 g/mol. The summed E-state index contributed by atoms with van der Waals surface area (Å²) in [4.78, 5) is 2.53. The number of rotatable bonds is 5. The molecule has 1 aliphatic rings. The minimum absolute atomic E-state index is 0.0520. The van der Waals surface area contributed by atoms with Gasteiger partial charge in [-0.25, -0.2) is 4.39 Å². The maximum Gasteiger partial charge on any atom is 0.123 e. The second-order valence-corrected chi connectivity index (χ2v) is 5.69. The average Bonchev–Trinajstić information content (AvgIpc) is 2.46. The van der Waals surface area contributed by atoms with E-state index in [4.69, 9.17) is 5.73 Å². The molecule has 2 nitrogen and oxygen atoms in total. The first kappa shape index (κ1) is 14.5. The van der Waals surface area contributed by atoms with E-state index in [0.717, 1.165) is 25.9 Å². The zero-order chi connectivity index (χ0) is 13.7. The van der Waals surface area contributed by atoms with Gasteiger partial charge in [-0.05, 0) is 56.6 Å². The minimum atomic E-state index is -0.170. The molecule has 2 rings (SSSR count). The van der Waals surface area contributed by atoms with E-state index in [1.807, 2.05) is 12.1 Å². The minimum Gasteiger partial charge on any atom is -0.330 e. The Balaban J connectivity index is 2.03. The third-order valence-electron chi connectivity index (χ3n) is 4.49. The lowest BCUT2D eigenvalue weighted by molar-refractivity contribution is 0.160. The number of likely N-dealkylation sites (tertiary alicyclic amines) is 1. The van der Waals surface area contributed by atoms with Gasteiger partial charge >= 0.3 is 0 Å². The summed E-state index contributed by atoms with van der Waals surface area (Å²) < 4.78 is 13.0. The van der Waals surface area contributed by atoms with Gasteiger partial charge in [0.05, 0.1) is 0 Å². The number of hydrogen-bond acceptors (Lipinski definition) is 2. The molecule has 1 aliphatic heterocycles. The third-order valence-corrected chi connectivity index (χ3v) is 4.49. The van der Waals surface area contributed by atoms with Gasteiger partial charge in [-0.3, -0.25) is 0 Å². The summed E-state index contributed by atoms with van der Waals surface area (Å²) >= 11 is 0. The zero-order valence-electron chi connectivity index (χ0n) is 11.9. The highest BCUT2D eigenvalue weighted by molar-refractivity contribution is 5.27. The van der Waals surface area contributed by atoms with Crippen LogP contribution in [0.5, 0.6) is 0 Å². The Labute approximate surface area is 115 Å². The van der Waals surface area contributed by atoms with Crippen molar-refractivity contribution in [3.05, 3.63) is 35.6 Å². The molecular weight excluding hydrogens is 239 g/mol. The first-order valence-electron chi connectivity index (χ1n) is 7.39. The fraction of sp³-hybridized carbons (Fsp3) is 0.625. The van der Waals surface area contributed by atoms with Crippen LogP contribution < -0.4 is 5.73 Å². The normalized spacial score (nSPS) is 19.5. The van der Waals surface area contributed by atoms with E-state index in [0.29, 0.717) is 6.54 Å². The summed E-state index contributed by atoms with van der Waals surface area (Å²) in [5.74, 6) is -0.170. The largest absolute Gasteiger partial charge is 0.330 e. The summed E-state index contributed by atoms with van der Waals surface area (Å²) in [5.41, 5.74) is 7.29. The van der Waals surface area contributed by atoms with Crippen LogP contribution in [-0.2, 0) is 5.41 Å². The van der Waals surface area contributed by atoms with Crippen molar-refractivity contribution >= 4 is 0 Å². The number of benzene rings is 1.